The minimum Gasteiger partial charge on any atom is -0.321 e. The summed E-state index contributed by atoms with van der Waals surface area (Å²) in [5.41, 5.74) is 5.26. The van der Waals surface area contributed by atoms with E-state index in [1.54, 1.807) is 13.3 Å². The Kier molecular flexibility index (Phi) is 1.96. The Balaban J connectivity index is 3.56. The summed E-state index contributed by atoms with van der Waals surface area (Å²) in [6.07, 6.45) is 1.72. The number of nitrogens with two attached hydrogens (primary N) is 1. The molecule has 7 heavy (non-hydrogen) atoms. The van der Waals surface area contributed by atoms with Crippen molar-refractivity contribution in [3.05, 3.63) is 0 Å². The highest BCUT2D eigenvalue weighted by Gasteiger charge is 2.02. The van der Waals surface area contributed by atoms with Crippen molar-refractivity contribution in [3.63, 3.8) is 0 Å². The Morgan fingerprint density at radius 3 is 2.00 bits per heavy atom. The summed E-state index contributed by atoms with van der Waals surface area (Å²) in [6.45, 7) is 3.81. The summed E-state index contributed by atoms with van der Waals surface area (Å²) in [4.78, 5) is 3.76. The number of nitrogens with zero attached hydrogens (tertiary/aromatic N) is 1. The molecular formula is C5H12N2. The smallest absolute Gasteiger partial charge is 0.0451 e. The standard InChI is InChI=1S/C5H12N2/c1-5(2,6)4-7-3/h4H,6H2,1-3H3/b7-4-. The molecule has 0 spiro atoms. The van der Waals surface area contributed by atoms with Gasteiger partial charge in [-0.15, -0.1) is 0 Å². The first-order valence-electron chi connectivity index (χ1n) is 2.28. The van der Waals surface area contributed by atoms with Gasteiger partial charge in [0.2, 0.25) is 0 Å². The molecule has 0 aromatic heterocycles. The second-order valence-electron chi connectivity index (χ2n) is 2.21. The molecule has 0 amide bonds. The summed E-state index contributed by atoms with van der Waals surface area (Å²) < 4.78 is 0. The second-order valence-corrected chi connectivity index (χ2v) is 2.21. The molecule has 2 nitrogen and oxygen atoms in total. The Bertz CT molecular complexity index is 68.6. The maximum Gasteiger partial charge on any atom is 0.0451 e. The van der Waals surface area contributed by atoms with Crippen molar-refractivity contribution in [3.8, 4) is 0 Å². The van der Waals surface area contributed by atoms with Crippen LogP contribution in [0.3, 0.4) is 0 Å². The van der Waals surface area contributed by atoms with Gasteiger partial charge in [0.25, 0.3) is 0 Å². The van der Waals surface area contributed by atoms with E-state index in [4.69, 9.17) is 5.73 Å². The second kappa shape index (κ2) is 2.07. The van der Waals surface area contributed by atoms with Crippen molar-refractivity contribution in [1.82, 2.24) is 0 Å². The van der Waals surface area contributed by atoms with E-state index in [2.05, 4.69) is 4.99 Å². The molecule has 0 saturated carbocycles. The quantitative estimate of drug-likeness (QED) is 0.476. The normalized spacial score (nSPS) is 13.1. The van der Waals surface area contributed by atoms with Crippen molar-refractivity contribution in [2.24, 2.45) is 10.7 Å². The van der Waals surface area contributed by atoms with Crippen LogP contribution in [0.25, 0.3) is 0 Å². The van der Waals surface area contributed by atoms with E-state index in [0.717, 1.165) is 0 Å². The van der Waals surface area contributed by atoms with Crippen molar-refractivity contribution in [1.29, 1.82) is 0 Å². The molecule has 0 aliphatic heterocycles. The van der Waals surface area contributed by atoms with Crippen LogP contribution in [0.1, 0.15) is 13.8 Å². The summed E-state index contributed by atoms with van der Waals surface area (Å²) in [6, 6.07) is 0. The molecule has 0 bridgehead atoms. The SMILES string of the molecule is C/N=C\C(C)(C)N. The molecule has 0 radical (unpaired) electrons. The van der Waals surface area contributed by atoms with E-state index in [-0.39, 0.29) is 5.54 Å². The maximum absolute atomic E-state index is 5.50. The van der Waals surface area contributed by atoms with Gasteiger partial charge in [-0.3, -0.25) is 4.99 Å². The average Bonchev–Trinajstić information content (AvgIpc) is 1.30. The fourth-order valence-corrected chi connectivity index (χ4v) is 0.333. The van der Waals surface area contributed by atoms with Gasteiger partial charge < -0.3 is 5.73 Å². The zero-order chi connectivity index (χ0) is 5.91. The lowest BCUT2D eigenvalue weighted by Crippen LogP contribution is -2.33. The van der Waals surface area contributed by atoms with E-state index in [9.17, 15) is 0 Å². The maximum atomic E-state index is 5.50. The third-order valence-electron chi connectivity index (χ3n) is 0.462. The number of hydrogen-bond donors (Lipinski definition) is 1. The lowest BCUT2D eigenvalue weighted by Gasteiger charge is -2.08. The first-order valence-corrected chi connectivity index (χ1v) is 2.28. The third kappa shape index (κ3) is 5.63. The molecule has 0 saturated heterocycles. The fourth-order valence-electron chi connectivity index (χ4n) is 0.333. The van der Waals surface area contributed by atoms with E-state index in [1.807, 2.05) is 13.8 Å². The lowest BCUT2D eigenvalue weighted by atomic mass is 10.1. The molecule has 2 heteroatoms. The molecule has 0 rings (SSSR count). The third-order valence-corrected chi connectivity index (χ3v) is 0.462. The zero-order valence-corrected chi connectivity index (χ0v) is 5.10. The largest absolute Gasteiger partial charge is 0.321 e. The van der Waals surface area contributed by atoms with Crippen LogP contribution in [0.2, 0.25) is 0 Å². The Hall–Kier alpha value is -0.370. The van der Waals surface area contributed by atoms with Gasteiger partial charge in [-0.25, -0.2) is 0 Å². The van der Waals surface area contributed by atoms with Crippen LogP contribution < -0.4 is 5.73 Å². The summed E-state index contributed by atoms with van der Waals surface area (Å²) in [5.74, 6) is 0. The van der Waals surface area contributed by atoms with E-state index >= 15 is 0 Å². The average molecular weight is 100 g/mol. The van der Waals surface area contributed by atoms with E-state index in [1.165, 1.54) is 0 Å². The van der Waals surface area contributed by atoms with Gasteiger partial charge in [0.05, 0.1) is 0 Å². The highest BCUT2D eigenvalue weighted by Crippen LogP contribution is 1.88. The van der Waals surface area contributed by atoms with Crippen LogP contribution in [0.15, 0.2) is 4.99 Å². The minimum absolute atomic E-state index is 0.241. The Morgan fingerprint density at radius 1 is 1.57 bits per heavy atom. The fraction of sp³-hybridized carbons (Fsp3) is 0.800. The van der Waals surface area contributed by atoms with Crippen molar-refractivity contribution >= 4 is 6.21 Å². The monoisotopic (exact) mass is 100 g/mol. The summed E-state index contributed by atoms with van der Waals surface area (Å²) >= 11 is 0. The molecule has 0 unspecified atom stereocenters. The summed E-state index contributed by atoms with van der Waals surface area (Å²) in [7, 11) is 1.72. The Morgan fingerprint density at radius 2 is 2.00 bits per heavy atom. The van der Waals surface area contributed by atoms with Crippen LogP contribution in [-0.4, -0.2) is 18.8 Å². The molecule has 0 aliphatic rings. The van der Waals surface area contributed by atoms with Gasteiger partial charge in [-0.05, 0) is 13.8 Å². The first-order chi connectivity index (χ1) is 3.06. The number of aliphatic imine (C=N–C) groups is 1. The van der Waals surface area contributed by atoms with E-state index < -0.39 is 0 Å². The summed E-state index contributed by atoms with van der Waals surface area (Å²) in [5, 5.41) is 0. The number of hydrogen-bond acceptors (Lipinski definition) is 2. The van der Waals surface area contributed by atoms with Crippen molar-refractivity contribution in [2.45, 2.75) is 19.4 Å². The highest BCUT2D eigenvalue weighted by atomic mass is 14.8. The van der Waals surface area contributed by atoms with Crippen LogP contribution >= 0.6 is 0 Å². The molecule has 42 valence electrons. The minimum atomic E-state index is -0.241. The van der Waals surface area contributed by atoms with Crippen LogP contribution in [-0.2, 0) is 0 Å². The molecule has 2 N–H and O–H groups in total. The molecule has 0 atom stereocenters. The molecule has 0 aromatic rings. The van der Waals surface area contributed by atoms with Gasteiger partial charge in [0, 0.05) is 18.8 Å². The molecular weight excluding hydrogens is 88.1 g/mol. The van der Waals surface area contributed by atoms with Gasteiger partial charge in [0.15, 0.2) is 0 Å². The van der Waals surface area contributed by atoms with Gasteiger partial charge in [-0.1, -0.05) is 0 Å². The molecule has 0 heterocycles. The van der Waals surface area contributed by atoms with Crippen LogP contribution in [0.5, 0.6) is 0 Å². The van der Waals surface area contributed by atoms with Gasteiger partial charge in [-0.2, -0.15) is 0 Å². The predicted molar refractivity (Wildman–Crippen MR) is 32.7 cm³/mol. The van der Waals surface area contributed by atoms with Crippen LogP contribution in [0, 0.1) is 0 Å². The first kappa shape index (κ1) is 6.63. The zero-order valence-electron chi connectivity index (χ0n) is 5.10. The molecule has 0 aliphatic carbocycles. The lowest BCUT2D eigenvalue weighted by molar-refractivity contribution is 0.713. The molecule has 0 fully saturated rings. The van der Waals surface area contributed by atoms with E-state index in [0.29, 0.717) is 0 Å². The van der Waals surface area contributed by atoms with Crippen molar-refractivity contribution in [2.75, 3.05) is 7.05 Å². The topological polar surface area (TPSA) is 38.4 Å². The molecule has 0 aromatic carbocycles. The highest BCUT2D eigenvalue weighted by molar-refractivity contribution is 5.68. The number of rotatable bonds is 1. The Labute approximate surface area is 44.4 Å². The van der Waals surface area contributed by atoms with Crippen molar-refractivity contribution < 1.29 is 0 Å². The van der Waals surface area contributed by atoms with Crippen LogP contribution in [0.4, 0.5) is 0 Å². The predicted octanol–water partition coefficient (Wildman–Crippen LogP) is 0.424. The van der Waals surface area contributed by atoms with Gasteiger partial charge in [0.1, 0.15) is 0 Å². The van der Waals surface area contributed by atoms with Gasteiger partial charge >= 0.3 is 0 Å².